The van der Waals surface area contributed by atoms with Gasteiger partial charge in [0.2, 0.25) is 5.95 Å². The Balaban J connectivity index is 1.59. The highest BCUT2D eigenvalue weighted by atomic mass is 16.5. The van der Waals surface area contributed by atoms with Gasteiger partial charge in [0.05, 0.1) is 0 Å². The van der Waals surface area contributed by atoms with Crippen LogP contribution in [0.4, 0.5) is 11.6 Å². The molecular formula is C25H27N5O2. The fourth-order valence-electron chi connectivity index (χ4n) is 3.45. The third-order valence-electron chi connectivity index (χ3n) is 5.15. The van der Waals surface area contributed by atoms with E-state index < -0.39 is 0 Å². The van der Waals surface area contributed by atoms with E-state index in [2.05, 4.69) is 20.2 Å². The molecule has 0 aliphatic carbocycles. The van der Waals surface area contributed by atoms with Crippen molar-refractivity contribution in [1.82, 2.24) is 19.4 Å². The van der Waals surface area contributed by atoms with Crippen LogP contribution >= 0.6 is 0 Å². The van der Waals surface area contributed by atoms with Gasteiger partial charge in [-0.1, -0.05) is 30.3 Å². The first kappa shape index (κ1) is 21.5. The van der Waals surface area contributed by atoms with Crippen LogP contribution in [0.25, 0.3) is 22.2 Å². The largest absolute Gasteiger partial charge is 0.492 e. The topological polar surface area (TPSA) is 72.3 Å². The minimum atomic E-state index is -0.0601. The number of aromatic nitrogens is 3. The van der Waals surface area contributed by atoms with Gasteiger partial charge in [0.1, 0.15) is 18.0 Å². The van der Waals surface area contributed by atoms with Gasteiger partial charge in [-0.25, -0.2) is 4.98 Å². The number of fused-ring (bicyclic) bond motifs is 1. The molecule has 7 heteroatoms. The van der Waals surface area contributed by atoms with Crippen LogP contribution in [0.15, 0.2) is 71.7 Å². The lowest BCUT2D eigenvalue weighted by molar-refractivity contribution is 0.261. The normalized spacial score (nSPS) is 11.1. The Hall–Kier alpha value is -3.71. The van der Waals surface area contributed by atoms with E-state index in [1.165, 1.54) is 0 Å². The Morgan fingerprint density at radius 3 is 2.50 bits per heavy atom. The third-order valence-corrected chi connectivity index (χ3v) is 5.15. The number of rotatable bonds is 8. The van der Waals surface area contributed by atoms with E-state index in [0.717, 1.165) is 28.9 Å². The van der Waals surface area contributed by atoms with E-state index >= 15 is 0 Å². The lowest BCUT2D eigenvalue weighted by Gasteiger charge is -2.13. The van der Waals surface area contributed by atoms with Gasteiger partial charge in [-0.3, -0.25) is 9.36 Å². The van der Waals surface area contributed by atoms with Crippen LogP contribution < -0.4 is 15.6 Å². The fourth-order valence-corrected chi connectivity index (χ4v) is 3.45. The van der Waals surface area contributed by atoms with Crippen molar-refractivity contribution in [3.05, 3.63) is 77.2 Å². The Morgan fingerprint density at radius 1 is 1.06 bits per heavy atom. The zero-order valence-corrected chi connectivity index (χ0v) is 18.6. The molecule has 0 saturated heterocycles. The zero-order valence-electron chi connectivity index (χ0n) is 18.6. The van der Waals surface area contributed by atoms with Gasteiger partial charge in [-0.15, -0.1) is 0 Å². The van der Waals surface area contributed by atoms with E-state index in [1.54, 1.807) is 10.8 Å². The second-order valence-electron chi connectivity index (χ2n) is 7.75. The fraction of sp³-hybridized carbons (Fsp3) is 0.240. The van der Waals surface area contributed by atoms with Crippen LogP contribution in [0, 0.1) is 0 Å². The molecule has 0 aliphatic heterocycles. The standard InChI is InChI=1S/C25H27N5O2/c1-4-30-23-19(16-22(24(30)31)18-8-6-5-7-9-18)17-26-25(28-23)27-20-10-12-21(13-11-20)32-15-14-29(2)3/h5-13,16-17H,4,14-15H2,1-3H3,(H,26,27,28). The minimum Gasteiger partial charge on any atom is -0.492 e. The highest BCUT2D eigenvalue weighted by molar-refractivity contribution is 5.81. The molecule has 32 heavy (non-hydrogen) atoms. The highest BCUT2D eigenvalue weighted by Crippen LogP contribution is 2.22. The summed E-state index contributed by atoms with van der Waals surface area (Å²) >= 11 is 0. The number of aryl methyl sites for hydroxylation is 1. The average Bonchev–Trinajstić information content (AvgIpc) is 2.80. The SMILES string of the molecule is CCn1c(=O)c(-c2ccccc2)cc2cnc(Nc3ccc(OCCN(C)C)cc3)nc21. The highest BCUT2D eigenvalue weighted by Gasteiger charge is 2.12. The lowest BCUT2D eigenvalue weighted by atomic mass is 10.1. The van der Waals surface area contributed by atoms with Gasteiger partial charge in [0, 0.05) is 35.9 Å². The summed E-state index contributed by atoms with van der Waals surface area (Å²) in [4.78, 5) is 24.3. The number of benzene rings is 2. The molecule has 4 rings (SSSR count). The Morgan fingerprint density at radius 2 is 1.81 bits per heavy atom. The third kappa shape index (κ3) is 4.78. The maximum absolute atomic E-state index is 13.1. The van der Waals surface area contributed by atoms with Crippen molar-refractivity contribution in [2.45, 2.75) is 13.5 Å². The predicted molar refractivity (Wildman–Crippen MR) is 129 cm³/mol. The molecule has 0 aliphatic rings. The molecule has 2 aromatic heterocycles. The van der Waals surface area contributed by atoms with E-state index in [4.69, 9.17) is 4.74 Å². The predicted octanol–water partition coefficient (Wildman–Crippen LogP) is 4.16. The quantitative estimate of drug-likeness (QED) is 0.453. The molecule has 2 aromatic carbocycles. The molecule has 0 atom stereocenters. The molecule has 164 valence electrons. The van der Waals surface area contributed by atoms with Crippen LogP contribution in [-0.2, 0) is 6.54 Å². The summed E-state index contributed by atoms with van der Waals surface area (Å²) < 4.78 is 7.42. The van der Waals surface area contributed by atoms with E-state index in [9.17, 15) is 4.79 Å². The summed E-state index contributed by atoms with van der Waals surface area (Å²) in [7, 11) is 4.03. The monoisotopic (exact) mass is 429 g/mol. The second kappa shape index (κ2) is 9.62. The molecule has 1 N–H and O–H groups in total. The Bertz CT molecular complexity index is 1250. The number of nitrogens with one attached hydrogen (secondary N) is 1. The van der Waals surface area contributed by atoms with Crippen molar-refractivity contribution in [3.63, 3.8) is 0 Å². The van der Waals surface area contributed by atoms with Crippen LogP contribution in [0.1, 0.15) is 6.92 Å². The van der Waals surface area contributed by atoms with E-state index in [-0.39, 0.29) is 5.56 Å². The van der Waals surface area contributed by atoms with Gasteiger partial charge in [0.15, 0.2) is 0 Å². The Kier molecular flexibility index (Phi) is 6.47. The molecule has 0 spiro atoms. The minimum absolute atomic E-state index is 0.0601. The first-order valence-corrected chi connectivity index (χ1v) is 10.7. The summed E-state index contributed by atoms with van der Waals surface area (Å²) in [6.45, 7) is 3.95. The summed E-state index contributed by atoms with van der Waals surface area (Å²) in [6, 6.07) is 19.2. The zero-order chi connectivity index (χ0) is 22.5. The van der Waals surface area contributed by atoms with Crippen molar-refractivity contribution < 1.29 is 4.74 Å². The number of ether oxygens (including phenoxy) is 1. The van der Waals surface area contributed by atoms with Crippen LogP contribution in [0.5, 0.6) is 5.75 Å². The number of pyridine rings is 1. The molecule has 0 bridgehead atoms. The molecular weight excluding hydrogens is 402 g/mol. The molecule has 0 fully saturated rings. The molecule has 7 nitrogen and oxygen atoms in total. The van der Waals surface area contributed by atoms with Gasteiger partial charge in [0.25, 0.3) is 5.56 Å². The molecule has 0 amide bonds. The van der Waals surface area contributed by atoms with Crippen molar-refractivity contribution in [2.24, 2.45) is 0 Å². The van der Waals surface area contributed by atoms with Gasteiger partial charge < -0.3 is 15.0 Å². The molecule has 0 saturated carbocycles. The smallest absolute Gasteiger partial charge is 0.260 e. The molecule has 2 heterocycles. The number of hydrogen-bond donors (Lipinski definition) is 1. The second-order valence-corrected chi connectivity index (χ2v) is 7.75. The molecule has 0 unspecified atom stereocenters. The van der Waals surface area contributed by atoms with Gasteiger partial charge in [-0.05, 0) is 56.9 Å². The summed E-state index contributed by atoms with van der Waals surface area (Å²) in [5.74, 6) is 1.25. The first-order chi connectivity index (χ1) is 15.5. The number of likely N-dealkylation sites (N-methyl/N-ethyl adjacent to an activating group) is 1. The summed E-state index contributed by atoms with van der Waals surface area (Å²) in [5, 5.41) is 4.03. The number of nitrogens with zero attached hydrogens (tertiary/aromatic N) is 4. The van der Waals surface area contributed by atoms with Crippen molar-refractivity contribution in [3.8, 4) is 16.9 Å². The van der Waals surface area contributed by atoms with Gasteiger partial charge >= 0.3 is 0 Å². The van der Waals surface area contributed by atoms with Crippen molar-refractivity contribution >= 4 is 22.7 Å². The van der Waals surface area contributed by atoms with Gasteiger partial charge in [-0.2, -0.15) is 4.98 Å². The maximum Gasteiger partial charge on any atom is 0.260 e. The average molecular weight is 430 g/mol. The summed E-state index contributed by atoms with van der Waals surface area (Å²) in [5.41, 5.74) is 2.93. The van der Waals surface area contributed by atoms with Crippen LogP contribution in [-0.4, -0.2) is 46.7 Å². The van der Waals surface area contributed by atoms with E-state index in [1.807, 2.05) is 81.7 Å². The van der Waals surface area contributed by atoms with E-state index in [0.29, 0.717) is 30.3 Å². The molecule has 0 radical (unpaired) electrons. The summed E-state index contributed by atoms with van der Waals surface area (Å²) in [6.07, 6.45) is 1.75. The van der Waals surface area contributed by atoms with Crippen LogP contribution in [0.2, 0.25) is 0 Å². The van der Waals surface area contributed by atoms with Crippen molar-refractivity contribution in [2.75, 3.05) is 32.6 Å². The van der Waals surface area contributed by atoms with Crippen LogP contribution in [0.3, 0.4) is 0 Å². The number of hydrogen-bond acceptors (Lipinski definition) is 6. The number of anilines is 2. The first-order valence-electron chi connectivity index (χ1n) is 10.7. The lowest BCUT2D eigenvalue weighted by Crippen LogP contribution is -2.22. The Labute approximate surface area is 187 Å². The maximum atomic E-state index is 13.1. The van der Waals surface area contributed by atoms with Crippen molar-refractivity contribution in [1.29, 1.82) is 0 Å². The molecule has 4 aromatic rings.